The number of H-pyrrole nitrogens is 1. The van der Waals surface area contributed by atoms with E-state index < -0.39 is 0 Å². The number of amides is 1. The van der Waals surface area contributed by atoms with Gasteiger partial charge in [-0.1, -0.05) is 19.1 Å². The lowest BCUT2D eigenvalue weighted by atomic mass is 10.1. The number of aryl methyl sites for hydroxylation is 1. The second kappa shape index (κ2) is 8.78. The van der Waals surface area contributed by atoms with Gasteiger partial charge < -0.3 is 15.6 Å². The predicted octanol–water partition coefficient (Wildman–Crippen LogP) is 2.50. The molecule has 3 N–H and O–H groups in total. The molecule has 3 rings (SSSR count). The van der Waals surface area contributed by atoms with Crippen molar-refractivity contribution in [1.82, 2.24) is 15.3 Å². The van der Waals surface area contributed by atoms with Gasteiger partial charge in [-0.15, -0.1) is 12.4 Å². The molecular formula is C18H23ClN4O2. The van der Waals surface area contributed by atoms with E-state index >= 15 is 0 Å². The van der Waals surface area contributed by atoms with E-state index in [1.165, 1.54) is 6.07 Å². The Hall–Kier alpha value is -2.18. The third kappa shape index (κ3) is 5.14. The monoisotopic (exact) mass is 362 g/mol. The van der Waals surface area contributed by atoms with E-state index in [0.717, 1.165) is 30.6 Å². The SMILES string of the molecule is CCc1cc(=O)[nH]c(-c2cccc(NC(=O)CC3CCCN3)c2)n1.Cl. The van der Waals surface area contributed by atoms with Crippen molar-refractivity contribution in [3.63, 3.8) is 0 Å². The smallest absolute Gasteiger partial charge is 0.251 e. The largest absolute Gasteiger partial charge is 0.326 e. The van der Waals surface area contributed by atoms with Crippen molar-refractivity contribution in [3.8, 4) is 11.4 Å². The van der Waals surface area contributed by atoms with Crippen LogP contribution in [0.25, 0.3) is 11.4 Å². The number of nitrogens with zero attached hydrogens (tertiary/aromatic N) is 1. The van der Waals surface area contributed by atoms with Gasteiger partial charge in [-0.25, -0.2) is 4.98 Å². The number of carbonyl (C=O) groups is 1. The van der Waals surface area contributed by atoms with Gasteiger partial charge in [0.15, 0.2) is 0 Å². The van der Waals surface area contributed by atoms with Gasteiger partial charge in [-0.2, -0.15) is 0 Å². The van der Waals surface area contributed by atoms with Crippen molar-refractivity contribution in [3.05, 3.63) is 46.4 Å². The molecule has 1 aromatic carbocycles. The van der Waals surface area contributed by atoms with Crippen LogP contribution in [0.1, 0.15) is 31.9 Å². The molecule has 2 aromatic rings. The zero-order valence-corrected chi connectivity index (χ0v) is 15.0. The molecule has 1 unspecified atom stereocenters. The zero-order valence-electron chi connectivity index (χ0n) is 14.2. The van der Waals surface area contributed by atoms with Crippen LogP contribution in [-0.2, 0) is 11.2 Å². The number of nitrogens with one attached hydrogen (secondary N) is 3. The highest BCUT2D eigenvalue weighted by molar-refractivity contribution is 5.91. The Balaban J connectivity index is 0.00000225. The van der Waals surface area contributed by atoms with Crippen LogP contribution in [0, 0.1) is 0 Å². The molecule has 2 heterocycles. The highest BCUT2D eigenvalue weighted by Crippen LogP contribution is 2.19. The van der Waals surface area contributed by atoms with Crippen LogP contribution in [0.4, 0.5) is 5.69 Å². The first-order chi connectivity index (χ1) is 11.6. The van der Waals surface area contributed by atoms with E-state index in [1.54, 1.807) is 0 Å². The summed E-state index contributed by atoms with van der Waals surface area (Å²) in [5, 5.41) is 6.24. The van der Waals surface area contributed by atoms with Gasteiger partial charge in [0.1, 0.15) is 5.82 Å². The Morgan fingerprint density at radius 2 is 2.20 bits per heavy atom. The fourth-order valence-corrected chi connectivity index (χ4v) is 2.94. The first kappa shape index (κ1) is 19.1. The molecule has 6 nitrogen and oxygen atoms in total. The molecule has 0 saturated carbocycles. The van der Waals surface area contributed by atoms with E-state index in [0.29, 0.717) is 24.4 Å². The lowest BCUT2D eigenvalue weighted by Crippen LogP contribution is -2.27. The summed E-state index contributed by atoms with van der Waals surface area (Å²) in [5.41, 5.74) is 2.06. The summed E-state index contributed by atoms with van der Waals surface area (Å²) < 4.78 is 0. The number of hydrogen-bond donors (Lipinski definition) is 3. The Bertz CT molecular complexity index is 785. The molecule has 7 heteroatoms. The summed E-state index contributed by atoms with van der Waals surface area (Å²) >= 11 is 0. The maximum absolute atomic E-state index is 12.1. The average Bonchev–Trinajstić information content (AvgIpc) is 3.07. The number of anilines is 1. The van der Waals surface area contributed by atoms with E-state index in [-0.39, 0.29) is 29.9 Å². The maximum atomic E-state index is 12.1. The molecule has 1 amide bonds. The van der Waals surface area contributed by atoms with Crippen molar-refractivity contribution in [1.29, 1.82) is 0 Å². The molecule has 1 fully saturated rings. The van der Waals surface area contributed by atoms with Gasteiger partial charge in [0.25, 0.3) is 5.56 Å². The second-order valence-corrected chi connectivity index (χ2v) is 6.07. The third-order valence-corrected chi connectivity index (χ3v) is 4.17. The van der Waals surface area contributed by atoms with Crippen LogP contribution in [-0.4, -0.2) is 28.5 Å². The summed E-state index contributed by atoms with van der Waals surface area (Å²) in [6.45, 7) is 2.94. The Morgan fingerprint density at radius 3 is 2.92 bits per heavy atom. The molecule has 0 spiro atoms. The van der Waals surface area contributed by atoms with Crippen molar-refractivity contribution in [2.45, 2.75) is 38.6 Å². The lowest BCUT2D eigenvalue weighted by molar-refractivity contribution is -0.116. The number of rotatable bonds is 5. The van der Waals surface area contributed by atoms with Gasteiger partial charge in [-0.05, 0) is 37.9 Å². The van der Waals surface area contributed by atoms with Gasteiger partial charge in [-0.3, -0.25) is 9.59 Å². The molecule has 1 saturated heterocycles. The minimum Gasteiger partial charge on any atom is -0.326 e. The maximum Gasteiger partial charge on any atom is 0.251 e. The number of carbonyl (C=O) groups excluding carboxylic acids is 1. The minimum atomic E-state index is -0.168. The normalized spacial score (nSPS) is 16.3. The molecule has 0 bridgehead atoms. The summed E-state index contributed by atoms with van der Waals surface area (Å²) in [6, 6.07) is 9.16. The van der Waals surface area contributed by atoms with Gasteiger partial charge in [0, 0.05) is 35.5 Å². The number of aromatic nitrogens is 2. The summed E-state index contributed by atoms with van der Waals surface area (Å²) in [5.74, 6) is 0.517. The topological polar surface area (TPSA) is 86.9 Å². The molecule has 25 heavy (non-hydrogen) atoms. The molecule has 1 atom stereocenters. The van der Waals surface area contributed by atoms with Crippen molar-refractivity contribution in [2.75, 3.05) is 11.9 Å². The predicted molar refractivity (Wildman–Crippen MR) is 101 cm³/mol. The fraction of sp³-hybridized carbons (Fsp3) is 0.389. The molecule has 134 valence electrons. The van der Waals surface area contributed by atoms with E-state index in [9.17, 15) is 9.59 Å². The number of hydrogen-bond acceptors (Lipinski definition) is 4. The number of aromatic amines is 1. The molecular weight excluding hydrogens is 340 g/mol. The molecule has 1 aromatic heterocycles. The van der Waals surface area contributed by atoms with E-state index in [1.807, 2.05) is 31.2 Å². The van der Waals surface area contributed by atoms with Crippen LogP contribution in [0.3, 0.4) is 0 Å². The Kier molecular flexibility index (Phi) is 6.73. The molecule has 0 radical (unpaired) electrons. The van der Waals surface area contributed by atoms with Gasteiger partial charge in [0.05, 0.1) is 0 Å². The van der Waals surface area contributed by atoms with E-state index in [2.05, 4.69) is 20.6 Å². The number of benzene rings is 1. The second-order valence-electron chi connectivity index (χ2n) is 6.07. The Labute approximate surface area is 152 Å². The highest BCUT2D eigenvalue weighted by atomic mass is 35.5. The third-order valence-electron chi connectivity index (χ3n) is 4.17. The van der Waals surface area contributed by atoms with Gasteiger partial charge >= 0.3 is 0 Å². The van der Waals surface area contributed by atoms with Crippen LogP contribution >= 0.6 is 12.4 Å². The summed E-state index contributed by atoms with van der Waals surface area (Å²) in [4.78, 5) is 31.1. The molecule has 1 aliphatic heterocycles. The highest BCUT2D eigenvalue weighted by Gasteiger charge is 2.17. The zero-order chi connectivity index (χ0) is 16.9. The van der Waals surface area contributed by atoms with Crippen LogP contribution in [0.15, 0.2) is 35.1 Å². The van der Waals surface area contributed by atoms with Crippen LogP contribution in [0.2, 0.25) is 0 Å². The molecule has 0 aliphatic carbocycles. The quantitative estimate of drug-likeness (QED) is 0.762. The van der Waals surface area contributed by atoms with Crippen molar-refractivity contribution < 1.29 is 4.79 Å². The van der Waals surface area contributed by atoms with E-state index in [4.69, 9.17) is 0 Å². The first-order valence-electron chi connectivity index (χ1n) is 8.38. The molecule has 1 aliphatic rings. The summed E-state index contributed by atoms with van der Waals surface area (Å²) in [7, 11) is 0. The fourth-order valence-electron chi connectivity index (χ4n) is 2.94. The lowest BCUT2D eigenvalue weighted by Gasteiger charge is -2.11. The van der Waals surface area contributed by atoms with Crippen molar-refractivity contribution >= 4 is 24.0 Å². The first-order valence-corrected chi connectivity index (χ1v) is 8.38. The van der Waals surface area contributed by atoms with Gasteiger partial charge in [0.2, 0.25) is 5.91 Å². The Morgan fingerprint density at radius 1 is 1.36 bits per heavy atom. The van der Waals surface area contributed by atoms with Crippen molar-refractivity contribution in [2.24, 2.45) is 0 Å². The van der Waals surface area contributed by atoms with Crippen LogP contribution in [0.5, 0.6) is 0 Å². The summed E-state index contributed by atoms with van der Waals surface area (Å²) in [6.07, 6.45) is 3.34. The average molecular weight is 363 g/mol. The van der Waals surface area contributed by atoms with Crippen LogP contribution < -0.4 is 16.2 Å². The standard InChI is InChI=1S/C18H22N4O2.ClH/c1-2-13-10-17(24)22-18(21-13)12-5-3-6-15(9-12)20-16(23)11-14-7-4-8-19-14;/h3,5-6,9-10,14,19H,2,4,7-8,11H2,1H3,(H,20,23)(H,21,22,24);1H. The number of halogens is 1. The minimum absolute atomic E-state index is 0.